The number of rotatable bonds is 8. The molecule has 0 saturated carbocycles. The molecular formula is C19H31N3O4. The fraction of sp³-hybridized carbons (Fsp3) is 0.632. The molecule has 1 aromatic heterocycles. The van der Waals surface area contributed by atoms with Crippen molar-refractivity contribution in [3.8, 4) is 0 Å². The van der Waals surface area contributed by atoms with Crippen LogP contribution >= 0.6 is 0 Å². The molecule has 0 spiro atoms. The van der Waals surface area contributed by atoms with Gasteiger partial charge in [-0.25, -0.2) is 9.59 Å². The van der Waals surface area contributed by atoms with Crippen LogP contribution in [0.25, 0.3) is 0 Å². The van der Waals surface area contributed by atoms with Crippen LogP contribution in [-0.4, -0.2) is 52.9 Å². The second kappa shape index (κ2) is 9.40. The largest absolute Gasteiger partial charge is 0.461 e. The van der Waals surface area contributed by atoms with Crippen LogP contribution < -0.4 is 5.32 Å². The molecule has 1 atom stereocenters. The quantitative estimate of drug-likeness (QED) is 0.547. The van der Waals surface area contributed by atoms with Crippen LogP contribution in [-0.2, 0) is 4.74 Å². The SMILES string of the molecule is CCCN(C(=O)NC(C)C)C(C)C(=O)c1c(C)[nH]c(C(=O)OCC)c1C. The van der Waals surface area contributed by atoms with Crippen molar-refractivity contribution in [2.45, 2.75) is 67.0 Å². The highest BCUT2D eigenvalue weighted by atomic mass is 16.5. The minimum atomic E-state index is -0.642. The molecule has 0 aliphatic carbocycles. The third-order valence-electron chi connectivity index (χ3n) is 4.15. The Hall–Kier alpha value is -2.31. The van der Waals surface area contributed by atoms with Gasteiger partial charge in [0.1, 0.15) is 5.69 Å². The lowest BCUT2D eigenvalue weighted by molar-refractivity contribution is 0.0519. The van der Waals surface area contributed by atoms with Crippen LogP contribution in [0.4, 0.5) is 4.79 Å². The van der Waals surface area contributed by atoms with Crippen molar-refractivity contribution in [2.75, 3.05) is 13.2 Å². The van der Waals surface area contributed by atoms with E-state index in [1.54, 1.807) is 27.7 Å². The van der Waals surface area contributed by atoms with Gasteiger partial charge in [-0.05, 0) is 53.5 Å². The number of Topliss-reactive ketones (excluding diaryl/α,β-unsaturated/α-hetero) is 1. The first-order chi connectivity index (χ1) is 12.1. The lowest BCUT2D eigenvalue weighted by atomic mass is 10.00. The second-order valence-electron chi connectivity index (χ2n) is 6.68. The number of nitrogens with one attached hydrogen (secondary N) is 2. The second-order valence-corrected chi connectivity index (χ2v) is 6.68. The Labute approximate surface area is 155 Å². The molecule has 0 saturated heterocycles. The molecule has 2 amide bonds. The molecule has 1 unspecified atom stereocenters. The van der Waals surface area contributed by atoms with Crippen LogP contribution in [0.1, 0.15) is 73.1 Å². The Morgan fingerprint density at radius 2 is 1.77 bits per heavy atom. The van der Waals surface area contributed by atoms with Crippen LogP contribution in [0.5, 0.6) is 0 Å². The zero-order valence-corrected chi connectivity index (χ0v) is 16.9. The van der Waals surface area contributed by atoms with E-state index < -0.39 is 12.0 Å². The van der Waals surface area contributed by atoms with E-state index in [9.17, 15) is 14.4 Å². The molecule has 1 rings (SSSR count). The molecule has 146 valence electrons. The van der Waals surface area contributed by atoms with Crippen molar-refractivity contribution in [3.05, 3.63) is 22.5 Å². The molecule has 0 radical (unpaired) electrons. The number of amides is 2. The Morgan fingerprint density at radius 1 is 1.15 bits per heavy atom. The number of carbonyl (C=O) groups excluding carboxylic acids is 3. The van der Waals surface area contributed by atoms with Crippen LogP contribution in [0.15, 0.2) is 0 Å². The third kappa shape index (κ3) is 4.86. The van der Waals surface area contributed by atoms with Crippen molar-refractivity contribution in [2.24, 2.45) is 0 Å². The fourth-order valence-corrected chi connectivity index (χ4v) is 2.92. The van der Waals surface area contributed by atoms with Crippen molar-refractivity contribution in [3.63, 3.8) is 0 Å². The number of nitrogens with zero attached hydrogens (tertiary/aromatic N) is 1. The zero-order valence-electron chi connectivity index (χ0n) is 16.9. The highest BCUT2D eigenvalue weighted by Crippen LogP contribution is 2.22. The number of H-pyrrole nitrogens is 1. The highest BCUT2D eigenvalue weighted by Gasteiger charge is 2.31. The summed E-state index contributed by atoms with van der Waals surface area (Å²) in [7, 11) is 0. The van der Waals surface area contributed by atoms with E-state index in [2.05, 4.69) is 10.3 Å². The first kappa shape index (κ1) is 21.7. The van der Waals surface area contributed by atoms with Gasteiger partial charge < -0.3 is 19.9 Å². The smallest absolute Gasteiger partial charge is 0.355 e. The molecule has 0 aliphatic heterocycles. The fourth-order valence-electron chi connectivity index (χ4n) is 2.92. The molecule has 0 bridgehead atoms. The van der Waals surface area contributed by atoms with E-state index in [1.165, 1.54) is 4.90 Å². The Balaban J connectivity index is 3.16. The van der Waals surface area contributed by atoms with Gasteiger partial charge in [0.25, 0.3) is 0 Å². The number of hydrogen-bond donors (Lipinski definition) is 2. The predicted octanol–water partition coefficient (Wildman–Crippen LogP) is 3.21. The first-order valence-electron chi connectivity index (χ1n) is 9.13. The monoisotopic (exact) mass is 365 g/mol. The highest BCUT2D eigenvalue weighted by molar-refractivity contribution is 6.06. The molecule has 1 aromatic rings. The number of aromatic amines is 1. The van der Waals surface area contributed by atoms with Gasteiger partial charge in [0, 0.05) is 23.8 Å². The zero-order chi connectivity index (χ0) is 20.0. The molecule has 7 heteroatoms. The van der Waals surface area contributed by atoms with Gasteiger partial charge in [-0.15, -0.1) is 0 Å². The van der Waals surface area contributed by atoms with Gasteiger partial charge in [-0.3, -0.25) is 4.79 Å². The number of aromatic nitrogens is 1. The van der Waals surface area contributed by atoms with E-state index >= 15 is 0 Å². The van der Waals surface area contributed by atoms with Crippen LogP contribution in [0.3, 0.4) is 0 Å². The maximum absolute atomic E-state index is 13.1. The maximum Gasteiger partial charge on any atom is 0.355 e. The van der Waals surface area contributed by atoms with Gasteiger partial charge in [-0.2, -0.15) is 0 Å². The summed E-state index contributed by atoms with van der Waals surface area (Å²) < 4.78 is 5.03. The number of hydrogen-bond acceptors (Lipinski definition) is 4. The summed E-state index contributed by atoms with van der Waals surface area (Å²) in [6.07, 6.45) is 0.738. The normalized spacial score (nSPS) is 12.0. The molecule has 1 heterocycles. The molecule has 2 N–H and O–H groups in total. The number of esters is 1. The third-order valence-corrected chi connectivity index (χ3v) is 4.15. The Kier molecular flexibility index (Phi) is 7.86. The minimum Gasteiger partial charge on any atom is -0.461 e. The van der Waals surface area contributed by atoms with Gasteiger partial charge >= 0.3 is 12.0 Å². The number of urea groups is 1. The van der Waals surface area contributed by atoms with Crippen molar-refractivity contribution in [1.29, 1.82) is 0 Å². The molecular weight excluding hydrogens is 334 g/mol. The molecule has 0 aliphatic rings. The summed E-state index contributed by atoms with van der Waals surface area (Å²) in [4.78, 5) is 42.1. The lowest BCUT2D eigenvalue weighted by Crippen LogP contribution is -2.50. The lowest BCUT2D eigenvalue weighted by Gasteiger charge is -2.29. The molecule has 0 fully saturated rings. The van der Waals surface area contributed by atoms with Gasteiger partial charge in [0.2, 0.25) is 0 Å². The average Bonchev–Trinajstić information content (AvgIpc) is 2.85. The van der Waals surface area contributed by atoms with E-state index in [0.717, 1.165) is 6.42 Å². The van der Waals surface area contributed by atoms with E-state index in [0.29, 0.717) is 23.4 Å². The van der Waals surface area contributed by atoms with Crippen molar-refractivity contribution >= 4 is 17.8 Å². The molecule has 26 heavy (non-hydrogen) atoms. The number of ether oxygens (including phenoxy) is 1. The topological polar surface area (TPSA) is 91.5 Å². The summed E-state index contributed by atoms with van der Waals surface area (Å²) in [6, 6.07) is -0.925. The van der Waals surface area contributed by atoms with Crippen LogP contribution in [0, 0.1) is 13.8 Å². The van der Waals surface area contributed by atoms with E-state index in [4.69, 9.17) is 4.74 Å². The summed E-state index contributed by atoms with van der Waals surface area (Å²) in [6.45, 7) is 13.3. The Bertz CT molecular complexity index is 664. The summed E-state index contributed by atoms with van der Waals surface area (Å²) in [5.74, 6) is -0.679. The average molecular weight is 365 g/mol. The number of ketones is 1. The van der Waals surface area contributed by atoms with E-state index in [-0.39, 0.29) is 30.2 Å². The van der Waals surface area contributed by atoms with Crippen molar-refractivity contribution in [1.82, 2.24) is 15.2 Å². The van der Waals surface area contributed by atoms with Crippen LogP contribution in [0.2, 0.25) is 0 Å². The molecule has 7 nitrogen and oxygen atoms in total. The number of carbonyl (C=O) groups is 3. The van der Waals surface area contributed by atoms with E-state index in [1.807, 2.05) is 20.8 Å². The summed E-state index contributed by atoms with van der Waals surface area (Å²) in [5, 5.41) is 2.84. The summed E-state index contributed by atoms with van der Waals surface area (Å²) in [5.41, 5.74) is 1.88. The van der Waals surface area contributed by atoms with Gasteiger partial charge in [0.15, 0.2) is 5.78 Å². The van der Waals surface area contributed by atoms with Gasteiger partial charge in [0.05, 0.1) is 12.6 Å². The van der Waals surface area contributed by atoms with Gasteiger partial charge in [-0.1, -0.05) is 6.92 Å². The summed E-state index contributed by atoms with van der Waals surface area (Å²) >= 11 is 0. The standard InChI is InChI=1S/C19H31N3O4/c1-8-10-22(19(25)20-11(3)4)14(7)17(23)15-12(5)16(21-13(15)6)18(24)26-9-2/h11,14,21H,8-10H2,1-7H3,(H,20,25). The molecule has 0 aromatic carbocycles. The van der Waals surface area contributed by atoms with Crippen molar-refractivity contribution < 1.29 is 19.1 Å². The first-order valence-corrected chi connectivity index (χ1v) is 9.13. The maximum atomic E-state index is 13.1. The Morgan fingerprint density at radius 3 is 2.27 bits per heavy atom. The number of aryl methyl sites for hydroxylation is 1. The predicted molar refractivity (Wildman–Crippen MR) is 101 cm³/mol. The minimum absolute atomic E-state index is 0.0182.